The Morgan fingerprint density at radius 2 is 1.79 bits per heavy atom. The highest BCUT2D eigenvalue weighted by molar-refractivity contribution is 8.01. The van der Waals surface area contributed by atoms with Crippen LogP contribution in [0.1, 0.15) is 22.3 Å². The van der Waals surface area contributed by atoms with E-state index in [9.17, 15) is 0 Å². The fraction of sp³-hybridized carbons (Fsp3) is 0.176. The van der Waals surface area contributed by atoms with Crippen molar-refractivity contribution >= 4 is 29.4 Å². The first-order valence-electron chi connectivity index (χ1n) is 6.25. The zero-order valence-corrected chi connectivity index (χ0v) is 12.8. The van der Waals surface area contributed by atoms with Crippen molar-refractivity contribution in [1.82, 2.24) is 0 Å². The predicted octanol–water partition coefficient (Wildman–Crippen LogP) is 5.86. The lowest BCUT2D eigenvalue weighted by Gasteiger charge is -2.02. The first-order chi connectivity index (χ1) is 9.15. The monoisotopic (exact) mass is 288 g/mol. The van der Waals surface area contributed by atoms with Gasteiger partial charge in [-0.3, -0.25) is 0 Å². The van der Waals surface area contributed by atoms with Crippen molar-refractivity contribution in [3.8, 4) is 0 Å². The second-order valence-corrected chi connectivity index (χ2v) is 5.93. The van der Waals surface area contributed by atoms with Crippen molar-refractivity contribution < 1.29 is 0 Å². The summed E-state index contributed by atoms with van der Waals surface area (Å²) in [6.07, 6.45) is 2.18. The molecule has 0 bridgehead atoms. The van der Waals surface area contributed by atoms with E-state index in [-0.39, 0.29) is 0 Å². The van der Waals surface area contributed by atoms with Gasteiger partial charge in [0.15, 0.2) is 0 Å². The van der Waals surface area contributed by atoms with Crippen LogP contribution in [-0.2, 0) is 5.75 Å². The van der Waals surface area contributed by atoms with Crippen LogP contribution in [0.25, 0.3) is 6.08 Å². The van der Waals surface area contributed by atoms with Gasteiger partial charge >= 0.3 is 0 Å². The van der Waals surface area contributed by atoms with Gasteiger partial charge in [0.05, 0.1) is 0 Å². The summed E-state index contributed by atoms with van der Waals surface area (Å²) in [6, 6.07) is 14.5. The van der Waals surface area contributed by atoms with E-state index in [1.54, 1.807) is 11.8 Å². The minimum absolute atomic E-state index is 0.791. The molecule has 0 nitrogen and oxygen atoms in total. The minimum Gasteiger partial charge on any atom is -0.129 e. The Morgan fingerprint density at radius 3 is 2.47 bits per heavy atom. The van der Waals surface area contributed by atoms with Crippen molar-refractivity contribution in [1.29, 1.82) is 0 Å². The Balaban J connectivity index is 1.91. The Kier molecular flexibility index (Phi) is 5.12. The van der Waals surface area contributed by atoms with Crippen LogP contribution in [0.3, 0.4) is 0 Å². The first-order valence-corrected chi connectivity index (χ1v) is 7.68. The Hall–Kier alpha value is -1.18. The molecule has 0 aromatic heterocycles. The van der Waals surface area contributed by atoms with Gasteiger partial charge < -0.3 is 0 Å². The van der Waals surface area contributed by atoms with Crippen LogP contribution in [0.15, 0.2) is 47.9 Å². The number of rotatable bonds is 4. The van der Waals surface area contributed by atoms with E-state index in [1.165, 1.54) is 22.3 Å². The summed E-state index contributed by atoms with van der Waals surface area (Å²) < 4.78 is 0. The van der Waals surface area contributed by atoms with Crippen molar-refractivity contribution in [2.75, 3.05) is 0 Å². The molecule has 0 heterocycles. The molecule has 0 saturated heterocycles. The number of thioether (sulfide) groups is 1. The average molecular weight is 289 g/mol. The topological polar surface area (TPSA) is 0 Å². The van der Waals surface area contributed by atoms with Gasteiger partial charge in [-0.15, -0.1) is 11.8 Å². The van der Waals surface area contributed by atoms with Crippen molar-refractivity contribution in [2.24, 2.45) is 0 Å². The first kappa shape index (κ1) is 14.2. The second-order valence-electron chi connectivity index (χ2n) is 4.60. The fourth-order valence-electron chi connectivity index (χ4n) is 1.86. The third kappa shape index (κ3) is 4.45. The molecule has 0 radical (unpaired) electrons. The summed E-state index contributed by atoms with van der Waals surface area (Å²) in [5.41, 5.74) is 5.21. The molecule has 2 heteroatoms. The summed E-state index contributed by atoms with van der Waals surface area (Å²) >= 11 is 7.66. The molecule has 19 heavy (non-hydrogen) atoms. The normalized spacial score (nSPS) is 11.1. The quantitative estimate of drug-likeness (QED) is 0.679. The summed E-state index contributed by atoms with van der Waals surface area (Å²) in [4.78, 5) is 0. The highest BCUT2D eigenvalue weighted by Gasteiger charge is 1.95. The fourth-order valence-corrected chi connectivity index (χ4v) is 2.71. The highest BCUT2D eigenvalue weighted by atomic mass is 35.5. The zero-order chi connectivity index (χ0) is 13.7. The van der Waals surface area contributed by atoms with Crippen molar-refractivity contribution in [3.05, 3.63) is 75.1 Å². The van der Waals surface area contributed by atoms with E-state index in [0.717, 1.165) is 10.8 Å². The minimum atomic E-state index is 0.791. The van der Waals surface area contributed by atoms with E-state index < -0.39 is 0 Å². The lowest BCUT2D eigenvalue weighted by molar-refractivity contribution is 1.37. The Bertz CT molecular complexity index is 570. The summed E-state index contributed by atoms with van der Waals surface area (Å²) in [6.45, 7) is 4.27. The third-order valence-electron chi connectivity index (χ3n) is 2.93. The van der Waals surface area contributed by atoms with E-state index in [1.807, 2.05) is 12.1 Å². The summed E-state index contributed by atoms with van der Waals surface area (Å²) in [7, 11) is 0. The van der Waals surface area contributed by atoms with Gasteiger partial charge in [-0.2, -0.15) is 0 Å². The molecule has 98 valence electrons. The third-order valence-corrected chi connectivity index (χ3v) is 4.01. The molecule has 0 N–H and O–H groups in total. The van der Waals surface area contributed by atoms with Gasteiger partial charge in [0, 0.05) is 10.8 Å². The maximum absolute atomic E-state index is 5.86. The molecule has 2 aromatic rings. The van der Waals surface area contributed by atoms with Gasteiger partial charge in [0.25, 0.3) is 0 Å². The lowest BCUT2D eigenvalue weighted by Crippen LogP contribution is -1.81. The molecule has 0 spiro atoms. The summed E-state index contributed by atoms with van der Waals surface area (Å²) in [5, 5.41) is 2.95. The molecule has 0 aliphatic heterocycles. The Morgan fingerprint density at radius 1 is 1.05 bits per heavy atom. The molecule has 0 unspecified atom stereocenters. The standard InChI is InChI=1S/C17H17ClS/c1-13-3-6-16(14(2)11-13)9-10-19-12-15-4-7-17(18)8-5-15/h3-11H,12H2,1-2H3/b10-9-. The molecule has 0 atom stereocenters. The predicted molar refractivity (Wildman–Crippen MR) is 87.7 cm³/mol. The zero-order valence-electron chi connectivity index (χ0n) is 11.2. The molecule has 0 fully saturated rings. The number of hydrogen-bond donors (Lipinski definition) is 0. The van der Waals surface area contributed by atoms with Gasteiger partial charge in [-0.05, 0) is 54.2 Å². The molecule has 0 aliphatic rings. The average Bonchev–Trinajstić information content (AvgIpc) is 2.39. The molecular formula is C17H17ClS. The van der Waals surface area contributed by atoms with Crippen LogP contribution in [-0.4, -0.2) is 0 Å². The largest absolute Gasteiger partial charge is 0.129 e. The van der Waals surface area contributed by atoms with E-state index in [2.05, 4.69) is 55.7 Å². The van der Waals surface area contributed by atoms with E-state index >= 15 is 0 Å². The smallest absolute Gasteiger partial charge is 0.0406 e. The highest BCUT2D eigenvalue weighted by Crippen LogP contribution is 2.19. The molecule has 0 aliphatic carbocycles. The van der Waals surface area contributed by atoms with Crippen LogP contribution in [0.2, 0.25) is 5.02 Å². The number of benzene rings is 2. The number of hydrogen-bond acceptors (Lipinski definition) is 1. The maximum Gasteiger partial charge on any atom is 0.0406 e. The van der Waals surface area contributed by atoms with Crippen LogP contribution in [0.4, 0.5) is 0 Å². The molecule has 2 aromatic carbocycles. The molecular weight excluding hydrogens is 272 g/mol. The van der Waals surface area contributed by atoms with Gasteiger partial charge in [-0.25, -0.2) is 0 Å². The number of halogens is 1. The van der Waals surface area contributed by atoms with Crippen LogP contribution >= 0.6 is 23.4 Å². The maximum atomic E-state index is 5.86. The summed E-state index contributed by atoms with van der Waals surface area (Å²) in [5.74, 6) is 0.971. The van der Waals surface area contributed by atoms with Gasteiger partial charge in [-0.1, -0.05) is 47.5 Å². The van der Waals surface area contributed by atoms with Crippen LogP contribution in [0, 0.1) is 13.8 Å². The van der Waals surface area contributed by atoms with Crippen LogP contribution < -0.4 is 0 Å². The van der Waals surface area contributed by atoms with Crippen molar-refractivity contribution in [2.45, 2.75) is 19.6 Å². The molecule has 0 amide bonds. The van der Waals surface area contributed by atoms with E-state index in [0.29, 0.717) is 0 Å². The Labute approximate surface area is 124 Å². The lowest BCUT2D eigenvalue weighted by atomic mass is 10.1. The van der Waals surface area contributed by atoms with E-state index in [4.69, 9.17) is 11.6 Å². The number of aryl methyl sites for hydroxylation is 2. The van der Waals surface area contributed by atoms with Gasteiger partial charge in [0.2, 0.25) is 0 Å². The second kappa shape index (κ2) is 6.83. The van der Waals surface area contributed by atoms with Crippen LogP contribution in [0.5, 0.6) is 0 Å². The molecule has 0 saturated carbocycles. The van der Waals surface area contributed by atoms with Gasteiger partial charge in [0.1, 0.15) is 0 Å². The van der Waals surface area contributed by atoms with Crippen molar-refractivity contribution in [3.63, 3.8) is 0 Å². The SMILES string of the molecule is Cc1ccc(/C=C\SCc2ccc(Cl)cc2)c(C)c1. The molecule has 2 rings (SSSR count).